The minimum atomic E-state index is -0.631. The highest BCUT2D eigenvalue weighted by Crippen LogP contribution is 2.24. The summed E-state index contributed by atoms with van der Waals surface area (Å²) in [6, 6.07) is 6.60. The Bertz CT molecular complexity index is 531. The fourth-order valence-electron chi connectivity index (χ4n) is 2.34. The van der Waals surface area contributed by atoms with Gasteiger partial charge in [-0.15, -0.1) is 0 Å². The van der Waals surface area contributed by atoms with Gasteiger partial charge in [-0.1, -0.05) is 31.5 Å². The Kier molecular flexibility index (Phi) is 7.23. The van der Waals surface area contributed by atoms with Gasteiger partial charge in [-0.3, -0.25) is 9.59 Å². The molecule has 3 N–H and O–H groups in total. The van der Waals surface area contributed by atoms with E-state index in [1.165, 1.54) is 0 Å². The maximum atomic E-state index is 12.2. The SMILES string of the molecule is CCC(CC)(CO)CNC(=O)C(C)NC(=O)c1cccc(C)c1. The van der Waals surface area contributed by atoms with Gasteiger partial charge in [0.1, 0.15) is 6.04 Å². The summed E-state index contributed by atoms with van der Waals surface area (Å²) in [6.45, 7) is 7.99. The second kappa shape index (κ2) is 8.67. The minimum Gasteiger partial charge on any atom is -0.396 e. The maximum absolute atomic E-state index is 12.2. The Balaban J connectivity index is 2.58. The predicted octanol–water partition coefficient (Wildman–Crippen LogP) is 2.03. The third-order valence-electron chi connectivity index (χ3n) is 4.49. The summed E-state index contributed by atoms with van der Waals surface area (Å²) >= 11 is 0. The van der Waals surface area contributed by atoms with Crippen LogP contribution in [-0.2, 0) is 4.79 Å². The van der Waals surface area contributed by atoms with Crippen molar-refractivity contribution in [1.82, 2.24) is 10.6 Å². The van der Waals surface area contributed by atoms with E-state index in [1.807, 2.05) is 32.9 Å². The van der Waals surface area contributed by atoms with Crippen molar-refractivity contribution in [2.24, 2.45) is 5.41 Å². The molecule has 0 fully saturated rings. The first-order chi connectivity index (χ1) is 10.9. The first kappa shape index (κ1) is 19.2. The van der Waals surface area contributed by atoms with Crippen LogP contribution in [0, 0.1) is 12.3 Å². The van der Waals surface area contributed by atoms with E-state index in [1.54, 1.807) is 19.1 Å². The van der Waals surface area contributed by atoms with E-state index in [2.05, 4.69) is 10.6 Å². The minimum absolute atomic E-state index is 0.0321. The Hall–Kier alpha value is -1.88. The molecule has 0 aliphatic heterocycles. The summed E-state index contributed by atoms with van der Waals surface area (Å²) in [5, 5.41) is 15.1. The average molecular weight is 320 g/mol. The van der Waals surface area contributed by atoms with Crippen LogP contribution in [0.4, 0.5) is 0 Å². The highest BCUT2D eigenvalue weighted by atomic mass is 16.3. The first-order valence-corrected chi connectivity index (χ1v) is 8.13. The van der Waals surface area contributed by atoms with Crippen molar-refractivity contribution >= 4 is 11.8 Å². The molecule has 1 unspecified atom stereocenters. The summed E-state index contributed by atoms with van der Waals surface area (Å²) in [5.74, 6) is -0.513. The molecule has 1 rings (SSSR count). The van der Waals surface area contributed by atoms with Gasteiger partial charge < -0.3 is 15.7 Å². The van der Waals surface area contributed by atoms with Crippen molar-refractivity contribution in [3.05, 3.63) is 35.4 Å². The number of hydrogen-bond donors (Lipinski definition) is 3. The quantitative estimate of drug-likeness (QED) is 0.686. The molecule has 2 amide bonds. The predicted molar refractivity (Wildman–Crippen MR) is 91.2 cm³/mol. The third kappa shape index (κ3) is 5.36. The highest BCUT2D eigenvalue weighted by Gasteiger charge is 2.27. The molecule has 1 aromatic carbocycles. The van der Waals surface area contributed by atoms with Crippen LogP contribution in [0.25, 0.3) is 0 Å². The molecule has 5 nitrogen and oxygen atoms in total. The smallest absolute Gasteiger partial charge is 0.251 e. The molecule has 23 heavy (non-hydrogen) atoms. The monoisotopic (exact) mass is 320 g/mol. The summed E-state index contributed by atoms with van der Waals surface area (Å²) < 4.78 is 0. The van der Waals surface area contributed by atoms with Gasteiger partial charge in [0.05, 0.1) is 6.61 Å². The number of carbonyl (C=O) groups excluding carboxylic acids is 2. The lowest BCUT2D eigenvalue weighted by molar-refractivity contribution is -0.123. The lowest BCUT2D eigenvalue weighted by Gasteiger charge is -2.30. The van der Waals surface area contributed by atoms with Crippen LogP contribution < -0.4 is 10.6 Å². The molecule has 5 heteroatoms. The number of amides is 2. The van der Waals surface area contributed by atoms with Gasteiger partial charge >= 0.3 is 0 Å². The van der Waals surface area contributed by atoms with Gasteiger partial charge in [0.25, 0.3) is 5.91 Å². The molecule has 1 atom stereocenters. The van der Waals surface area contributed by atoms with Crippen molar-refractivity contribution < 1.29 is 14.7 Å². The van der Waals surface area contributed by atoms with Gasteiger partial charge in [-0.2, -0.15) is 0 Å². The molecular weight excluding hydrogens is 292 g/mol. The van der Waals surface area contributed by atoms with E-state index < -0.39 is 6.04 Å². The van der Waals surface area contributed by atoms with Crippen molar-refractivity contribution in [2.45, 2.75) is 46.6 Å². The van der Waals surface area contributed by atoms with Crippen LogP contribution in [0.2, 0.25) is 0 Å². The van der Waals surface area contributed by atoms with Crippen LogP contribution in [0.3, 0.4) is 0 Å². The number of aliphatic hydroxyl groups excluding tert-OH is 1. The van der Waals surface area contributed by atoms with E-state index in [4.69, 9.17) is 0 Å². The molecule has 0 heterocycles. The van der Waals surface area contributed by atoms with Crippen LogP contribution >= 0.6 is 0 Å². The van der Waals surface area contributed by atoms with Crippen molar-refractivity contribution in [3.8, 4) is 0 Å². The van der Waals surface area contributed by atoms with Gasteiger partial charge in [-0.05, 0) is 38.8 Å². The van der Waals surface area contributed by atoms with Gasteiger partial charge in [0.15, 0.2) is 0 Å². The zero-order valence-corrected chi connectivity index (χ0v) is 14.5. The zero-order chi connectivity index (χ0) is 17.5. The van der Waals surface area contributed by atoms with E-state index in [0.29, 0.717) is 12.1 Å². The van der Waals surface area contributed by atoms with Crippen LogP contribution in [-0.4, -0.2) is 36.1 Å². The third-order valence-corrected chi connectivity index (χ3v) is 4.49. The number of aryl methyl sites for hydroxylation is 1. The molecule has 0 aromatic heterocycles. The normalized spacial score (nSPS) is 12.6. The lowest BCUT2D eigenvalue weighted by Crippen LogP contribution is -2.48. The summed E-state index contributed by atoms with van der Waals surface area (Å²) in [6.07, 6.45) is 1.56. The van der Waals surface area contributed by atoms with E-state index in [9.17, 15) is 14.7 Å². The summed E-state index contributed by atoms with van der Waals surface area (Å²) in [4.78, 5) is 24.3. The molecule has 0 saturated heterocycles. The maximum Gasteiger partial charge on any atom is 0.251 e. The summed E-state index contributed by atoms with van der Waals surface area (Å²) in [5.41, 5.74) is 1.24. The number of aliphatic hydroxyl groups is 1. The Morgan fingerprint density at radius 2 is 1.91 bits per heavy atom. The molecule has 128 valence electrons. The van der Waals surface area contributed by atoms with Crippen molar-refractivity contribution in [3.63, 3.8) is 0 Å². The zero-order valence-electron chi connectivity index (χ0n) is 14.5. The molecule has 0 radical (unpaired) electrons. The number of carbonyl (C=O) groups is 2. The Morgan fingerprint density at radius 1 is 1.26 bits per heavy atom. The van der Waals surface area contributed by atoms with Gasteiger partial charge in [-0.25, -0.2) is 0 Å². The van der Waals surface area contributed by atoms with Crippen LogP contribution in [0.5, 0.6) is 0 Å². The van der Waals surface area contributed by atoms with Crippen LogP contribution in [0.1, 0.15) is 49.5 Å². The molecule has 0 saturated carbocycles. The van der Waals surface area contributed by atoms with Crippen LogP contribution in [0.15, 0.2) is 24.3 Å². The molecule has 1 aromatic rings. The average Bonchev–Trinajstić information content (AvgIpc) is 2.56. The standard InChI is InChI=1S/C18H28N2O3/c1-5-18(6-2,12-21)11-19-16(22)14(4)20-17(23)15-9-7-8-13(3)10-15/h7-10,14,21H,5-6,11-12H2,1-4H3,(H,19,22)(H,20,23). The highest BCUT2D eigenvalue weighted by molar-refractivity contribution is 5.97. The Morgan fingerprint density at radius 3 is 2.43 bits per heavy atom. The molecular formula is C18H28N2O3. The van der Waals surface area contributed by atoms with Crippen molar-refractivity contribution in [1.29, 1.82) is 0 Å². The largest absolute Gasteiger partial charge is 0.396 e. The lowest BCUT2D eigenvalue weighted by atomic mass is 9.83. The number of benzene rings is 1. The van der Waals surface area contributed by atoms with E-state index in [0.717, 1.165) is 18.4 Å². The van der Waals surface area contributed by atoms with Gasteiger partial charge in [0, 0.05) is 17.5 Å². The summed E-state index contributed by atoms with van der Waals surface area (Å²) in [7, 11) is 0. The Labute approximate surface area is 138 Å². The second-order valence-corrected chi connectivity index (χ2v) is 6.15. The van der Waals surface area contributed by atoms with Gasteiger partial charge in [0.2, 0.25) is 5.91 Å². The fourth-order valence-corrected chi connectivity index (χ4v) is 2.34. The number of nitrogens with one attached hydrogen (secondary N) is 2. The molecule has 0 spiro atoms. The fraction of sp³-hybridized carbons (Fsp3) is 0.556. The second-order valence-electron chi connectivity index (χ2n) is 6.15. The molecule has 0 bridgehead atoms. The molecule has 0 aliphatic carbocycles. The first-order valence-electron chi connectivity index (χ1n) is 8.13. The van der Waals surface area contributed by atoms with E-state index in [-0.39, 0.29) is 23.8 Å². The topological polar surface area (TPSA) is 78.4 Å². The van der Waals surface area contributed by atoms with Crippen molar-refractivity contribution in [2.75, 3.05) is 13.2 Å². The number of hydrogen-bond acceptors (Lipinski definition) is 3. The molecule has 0 aliphatic rings. The van der Waals surface area contributed by atoms with E-state index >= 15 is 0 Å². The number of rotatable bonds is 8.